The summed E-state index contributed by atoms with van der Waals surface area (Å²) in [4.78, 5) is 0. The number of aliphatic hydroxyl groups is 1. The number of aryl methyl sites for hydroxylation is 1. The Labute approximate surface area is 254 Å². The number of rotatable bonds is 9. The molecule has 2 aliphatic rings. The van der Waals surface area contributed by atoms with Crippen molar-refractivity contribution in [2.24, 2.45) is 5.92 Å². The van der Waals surface area contributed by atoms with Crippen LogP contribution in [0.5, 0.6) is 5.75 Å². The van der Waals surface area contributed by atoms with E-state index in [1.54, 1.807) is 31.2 Å². The molecule has 0 amide bonds. The van der Waals surface area contributed by atoms with Crippen molar-refractivity contribution in [2.45, 2.75) is 89.6 Å². The normalized spacial score (nSPS) is 21.2. The van der Waals surface area contributed by atoms with Crippen molar-refractivity contribution in [3.63, 3.8) is 0 Å². The summed E-state index contributed by atoms with van der Waals surface area (Å²) in [6, 6.07) is 9.18. The van der Waals surface area contributed by atoms with Crippen molar-refractivity contribution in [2.75, 3.05) is 6.61 Å². The molecule has 0 bridgehead atoms. The van der Waals surface area contributed by atoms with Crippen LogP contribution >= 0.6 is 0 Å². The Morgan fingerprint density at radius 1 is 0.750 bits per heavy atom. The molecule has 5 rings (SSSR count). The van der Waals surface area contributed by atoms with Gasteiger partial charge in [-0.05, 0) is 124 Å². The lowest BCUT2D eigenvalue weighted by Gasteiger charge is -2.29. The summed E-state index contributed by atoms with van der Waals surface area (Å²) in [6.45, 7) is 3.30. The minimum atomic E-state index is -1.09. The lowest BCUT2D eigenvalue weighted by Crippen LogP contribution is -2.16. The van der Waals surface area contributed by atoms with Gasteiger partial charge in [0.2, 0.25) is 5.82 Å². The molecule has 2 atom stereocenters. The molecule has 2 nitrogen and oxygen atoms in total. The Balaban J connectivity index is 1.18. The van der Waals surface area contributed by atoms with Gasteiger partial charge in [0.05, 0.1) is 12.7 Å². The number of allylic oxidation sites excluding steroid dienone is 2. The van der Waals surface area contributed by atoms with Crippen LogP contribution in [0.2, 0.25) is 0 Å². The molecule has 0 saturated heterocycles. The van der Waals surface area contributed by atoms with E-state index < -0.39 is 41.0 Å². The third kappa shape index (κ3) is 6.56. The van der Waals surface area contributed by atoms with Gasteiger partial charge in [0, 0.05) is 11.1 Å². The molecule has 236 valence electrons. The van der Waals surface area contributed by atoms with Gasteiger partial charge in [-0.3, -0.25) is 0 Å². The predicted molar refractivity (Wildman–Crippen MR) is 158 cm³/mol. The standard InChI is InChI=1S/C36H38F6O2/c1-3-44-30-19-18-29(35(41)36(30)42)24-12-10-23(11-13-24)27-15-14-25(31(37)33(27)39)9-6-21-4-7-22(8-5-21)28-17-16-26(20(2)43)32(38)34(28)40/h12,14-23,43H,3-11,13H2,1-2H3. The highest BCUT2D eigenvalue weighted by Gasteiger charge is 2.28. The first-order valence-corrected chi connectivity index (χ1v) is 15.5. The van der Waals surface area contributed by atoms with Crippen LogP contribution < -0.4 is 4.74 Å². The summed E-state index contributed by atoms with van der Waals surface area (Å²) in [7, 11) is 0. The van der Waals surface area contributed by atoms with E-state index in [9.17, 15) is 22.7 Å². The van der Waals surface area contributed by atoms with Gasteiger partial charge in [0.25, 0.3) is 0 Å². The van der Waals surface area contributed by atoms with Gasteiger partial charge >= 0.3 is 0 Å². The minimum absolute atomic E-state index is 0.0547. The molecule has 0 spiro atoms. The fourth-order valence-electron chi connectivity index (χ4n) is 6.86. The van der Waals surface area contributed by atoms with Crippen molar-refractivity contribution in [1.29, 1.82) is 0 Å². The van der Waals surface area contributed by atoms with E-state index in [1.165, 1.54) is 25.1 Å². The zero-order valence-electron chi connectivity index (χ0n) is 25.0. The molecule has 0 aliphatic heterocycles. The fraction of sp³-hybridized carbons (Fsp3) is 0.444. The van der Waals surface area contributed by atoms with Gasteiger partial charge in [0.1, 0.15) is 0 Å². The van der Waals surface area contributed by atoms with Crippen LogP contribution in [-0.4, -0.2) is 11.7 Å². The Kier molecular flexibility index (Phi) is 10.1. The summed E-state index contributed by atoms with van der Waals surface area (Å²) in [5.41, 5.74) is 1.67. The van der Waals surface area contributed by atoms with Crippen LogP contribution in [0.3, 0.4) is 0 Å². The van der Waals surface area contributed by atoms with E-state index in [0.29, 0.717) is 61.6 Å². The molecule has 8 heteroatoms. The molecule has 3 aromatic rings. The molecule has 0 radical (unpaired) electrons. The van der Waals surface area contributed by atoms with E-state index in [-0.39, 0.29) is 46.8 Å². The van der Waals surface area contributed by atoms with Gasteiger partial charge in [-0.2, -0.15) is 4.39 Å². The van der Waals surface area contributed by atoms with Gasteiger partial charge in [-0.1, -0.05) is 30.3 Å². The average Bonchev–Trinajstić information content (AvgIpc) is 3.02. The second-order valence-corrected chi connectivity index (χ2v) is 12.1. The van der Waals surface area contributed by atoms with Crippen LogP contribution in [-0.2, 0) is 6.42 Å². The lowest BCUT2D eigenvalue weighted by molar-refractivity contribution is 0.192. The maximum atomic E-state index is 15.3. The number of aliphatic hydroxyl groups excluding tert-OH is 1. The second kappa shape index (κ2) is 13.8. The summed E-state index contributed by atoms with van der Waals surface area (Å²) in [6.07, 6.45) is 5.90. The number of halogens is 6. The van der Waals surface area contributed by atoms with Gasteiger partial charge in [0.15, 0.2) is 34.8 Å². The smallest absolute Gasteiger partial charge is 0.201 e. The van der Waals surface area contributed by atoms with Crippen molar-refractivity contribution >= 4 is 5.57 Å². The number of benzene rings is 3. The Morgan fingerprint density at radius 2 is 1.43 bits per heavy atom. The van der Waals surface area contributed by atoms with Crippen LogP contribution in [0.4, 0.5) is 26.3 Å². The van der Waals surface area contributed by atoms with Crippen LogP contribution in [0, 0.1) is 40.8 Å². The van der Waals surface area contributed by atoms with Crippen LogP contribution in [0.1, 0.15) is 111 Å². The summed E-state index contributed by atoms with van der Waals surface area (Å²) >= 11 is 0. The maximum Gasteiger partial charge on any atom is 0.201 e. The average molecular weight is 617 g/mol. The first-order chi connectivity index (χ1) is 21.1. The third-order valence-electron chi connectivity index (χ3n) is 9.44. The summed E-state index contributed by atoms with van der Waals surface area (Å²) in [5, 5.41) is 9.64. The monoisotopic (exact) mass is 616 g/mol. The number of hydrogen-bond acceptors (Lipinski definition) is 2. The lowest BCUT2D eigenvalue weighted by atomic mass is 9.76. The molecule has 1 N–H and O–H groups in total. The van der Waals surface area contributed by atoms with Gasteiger partial charge in [-0.15, -0.1) is 0 Å². The predicted octanol–water partition coefficient (Wildman–Crippen LogP) is 10.2. The molecule has 3 aromatic carbocycles. The van der Waals surface area contributed by atoms with E-state index in [0.717, 1.165) is 12.8 Å². The summed E-state index contributed by atoms with van der Waals surface area (Å²) < 4.78 is 93.7. The zero-order valence-corrected chi connectivity index (χ0v) is 25.0. The molecule has 2 aliphatic carbocycles. The fourth-order valence-corrected chi connectivity index (χ4v) is 6.86. The van der Waals surface area contributed by atoms with E-state index in [2.05, 4.69) is 0 Å². The van der Waals surface area contributed by atoms with Crippen molar-refractivity contribution in [1.82, 2.24) is 0 Å². The van der Waals surface area contributed by atoms with Crippen molar-refractivity contribution in [3.05, 3.63) is 105 Å². The van der Waals surface area contributed by atoms with E-state index >= 15 is 8.78 Å². The molecular weight excluding hydrogens is 578 g/mol. The van der Waals surface area contributed by atoms with Crippen molar-refractivity contribution < 1.29 is 36.2 Å². The molecule has 2 unspecified atom stereocenters. The maximum absolute atomic E-state index is 15.3. The molecule has 1 saturated carbocycles. The molecule has 0 heterocycles. The molecular formula is C36H38F6O2. The highest BCUT2D eigenvalue weighted by molar-refractivity contribution is 5.68. The quantitative estimate of drug-likeness (QED) is 0.243. The van der Waals surface area contributed by atoms with Gasteiger partial charge in [-0.25, -0.2) is 22.0 Å². The third-order valence-corrected chi connectivity index (χ3v) is 9.44. The zero-order chi connectivity index (χ0) is 31.5. The largest absolute Gasteiger partial charge is 0.491 e. The Bertz CT molecular complexity index is 1520. The van der Waals surface area contributed by atoms with E-state index in [4.69, 9.17) is 4.74 Å². The second-order valence-electron chi connectivity index (χ2n) is 12.1. The first-order valence-electron chi connectivity index (χ1n) is 15.5. The molecule has 0 aromatic heterocycles. The first kappa shape index (κ1) is 32.1. The van der Waals surface area contributed by atoms with E-state index in [1.807, 2.05) is 0 Å². The molecule has 1 fully saturated rings. The van der Waals surface area contributed by atoms with Crippen LogP contribution in [0.25, 0.3) is 5.57 Å². The van der Waals surface area contributed by atoms with Crippen LogP contribution in [0.15, 0.2) is 42.5 Å². The molecule has 44 heavy (non-hydrogen) atoms. The SMILES string of the molecule is CCOc1ccc(C2=CCC(c3ccc(CCC4CCC(c5ccc(C(C)O)c(F)c5F)CC4)c(F)c3F)CC2)c(F)c1F. The topological polar surface area (TPSA) is 29.5 Å². The highest BCUT2D eigenvalue weighted by Crippen LogP contribution is 2.41. The Hall–Kier alpha value is -3.26. The number of ether oxygens (including phenoxy) is 1. The Morgan fingerprint density at radius 3 is 2.09 bits per heavy atom. The van der Waals surface area contributed by atoms with Crippen molar-refractivity contribution in [3.8, 4) is 5.75 Å². The highest BCUT2D eigenvalue weighted by atomic mass is 19.2. The van der Waals surface area contributed by atoms with Gasteiger partial charge < -0.3 is 9.84 Å². The summed E-state index contributed by atoms with van der Waals surface area (Å²) in [5.74, 6) is -5.85. The minimum Gasteiger partial charge on any atom is -0.491 e. The number of hydrogen-bond donors (Lipinski definition) is 1.